The standard InChI is InChI=1S/C14H17NOS2/c1-3-11-13(9-17)18-14(15-11)8-10-6-4-5-7-12(10)16-2/h4-7,17H,3,8-9H2,1-2H3. The van der Waals surface area contributed by atoms with Gasteiger partial charge in [0.25, 0.3) is 0 Å². The Bertz CT molecular complexity index is 501. The first-order valence-corrected chi connectivity index (χ1v) is 7.43. The topological polar surface area (TPSA) is 22.1 Å². The number of hydrogen-bond acceptors (Lipinski definition) is 4. The maximum Gasteiger partial charge on any atom is 0.122 e. The van der Waals surface area contributed by atoms with E-state index in [-0.39, 0.29) is 0 Å². The van der Waals surface area contributed by atoms with Crippen molar-refractivity contribution in [2.45, 2.75) is 25.5 Å². The van der Waals surface area contributed by atoms with E-state index in [0.717, 1.165) is 29.4 Å². The summed E-state index contributed by atoms with van der Waals surface area (Å²) < 4.78 is 5.37. The van der Waals surface area contributed by atoms with Gasteiger partial charge in [0, 0.05) is 22.6 Å². The van der Waals surface area contributed by atoms with Gasteiger partial charge in [-0.1, -0.05) is 25.1 Å². The Morgan fingerprint density at radius 1 is 1.33 bits per heavy atom. The highest BCUT2D eigenvalue weighted by Crippen LogP contribution is 2.26. The number of aromatic nitrogens is 1. The molecule has 2 aromatic rings. The highest BCUT2D eigenvalue weighted by molar-refractivity contribution is 7.79. The molecule has 0 amide bonds. The van der Waals surface area contributed by atoms with E-state index in [2.05, 4.69) is 30.6 Å². The van der Waals surface area contributed by atoms with Crippen molar-refractivity contribution >= 4 is 24.0 Å². The molecule has 0 N–H and O–H groups in total. The molecule has 0 aliphatic carbocycles. The van der Waals surface area contributed by atoms with Gasteiger partial charge in [-0.3, -0.25) is 0 Å². The van der Waals surface area contributed by atoms with E-state index in [1.165, 1.54) is 16.1 Å². The molecule has 0 saturated heterocycles. The third-order valence-corrected chi connectivity index (χ3v) is 4.46. The van der Waals surface area contributed by atoms with Gasteiger partial charge in [0.1, 0.15) is 5.75 Å². The number of rotatable bonds is 5. The van der Waals surface area contributed by atoms with Crippen molar-refractivity contribution in [3.8, 4) is 5.75 Å². The van der Waals surface area contributed by atoms with Crippen LogP contribution in [-0.4, -0.2) is 12.1 Å². The molecule has 0 unspecified atom stereocenters. The van der Waals surface area contributed by atoms with Gasteiger partial charge in [-0.2, -0.15) is 12.6 Å². The average Bonchev–Trinajstić information content (AvgIpc) is 2.81. The van der Waals surface area contributed by atoms with Crippen molar-refractivity contribution in [1.82, 2.24) is 4.98 Å². The van der Waals surface area contributed by atoms with Crippen LogP contribution in [0.2, 0.25) is 0 Å². The summed E-state index contributed by atoms with van der Waals surface area (Å²) in [5.74, 6) is 1.70. The Labute approximate surface area is 117 Å². The van der Waals surface area contributed by atoms with Gasteiger partial charge < -0.3 is 4.74 Å². The summed E-state index contributed by atoms with van der Waals surface area (Å²) >= 11 is 6.11. The second-order valence-electron chi connectivity index (χ2n) is 3.98. The van der Waals surface area contributed by atoms with Crippen molar-refractivity contribution in [2.24, 2.45) is 0 Å². The second kappa shape index (κ2) is 6.25. The summed E-state index contributed by atoms with van der Waals surface area (Å²) in [7, 11) is 1.71. The molecule has 1 aromatic heterocycles. The fourth-order valence-corrected chi connectivity index (χ4v) is 3.34. The highest BCUT2D eigenvalue weighted by Gasteiger charge is 2.10. The minimum Gasteiger partial charge on any atom is -0.496 e. The van der Waals surface area contributed by atoms with Crippen molar-refractivity contribution < 1.29 is 4.74 Å². The molecule has 4 heteroatoms. The summed E-state index contributed by atoms with van der Waals surface area (Å²) in [6.07, 6.45) is 1.80. The van der Waals surface area contributed by atoms with E-state index in [4.69, 9.17) is 4.74 Å². The number of para-hydroxylation sites is 1. The molecule has 0 spiro atoms. The van der Waals surface area contributed by atoms with Crippen LogP contribution in [0, 0.1) is 0 Å². The van der Waals surface area contributed by atoms with Crippen LogP contribution in [0.4, 0.5) is 0 Å². The lowest BCUT2D eigenvalue weighted by atomic mass is 10.1. The summed E-state index contributed by atoms with van der Waals surface area (Å²) in [6.45, 7) is 2.13. The van der Waals surface area contributed by atoms with E-state index in [0.29, 0.717) is 0 Å². The first-order valence-electron chi connectivity index (χ1n) is 5.98. The molecule has 2 nitrogen and oxygen atoms in total. The Kier molecular flexibility index (Phi) is 4.66. The normalized spacial score (nSPS) is 10.6. The lowest BCUT2D eigenvalue weighted by Crippen LogP contribution is -1.93. The number of ether oxygens (including phenoxy) is 1. The largest absolute Gasteiger partial charge is 0.496 e. The SMILES string of the molecule is CCc1nc(Cc2ccccc2OC)sc1CS. The predicted molar refractivity (Wildman–Crippen MR) is 80.0 cm³/mol. The summed E-state index contributed by atoms with van der Waals surface area (Å²) in [4.78, 5) is 5.97. The fraction of sp³-hybridized carbons (Fsp3) is 0.357. The first kappa shape index (κ1) is 13.4. The van der Waals surface area contributed by atoms with Crippen molar-refractivity contribution in [3.63, 3.8) is 0 Å². The zero-order chi connectivity index (χ0) is 13.0. The lowest BCUT2D eigenvalue weighted by Gasteiger charge is -2.05. The number of hydrogen-bond donors (Lipinski definition) is 1. The summed E-state index contributed by atoms with van der Waals surface area (Å²) in [5.41, 5.74) is 2.36. The molecular weight excluding hydrogens is 262 g/mol. The second-order valence-corrected chi connectivity index (χ2v) is 5.46. The van der Waals surface area contributed by atoms with Crippen molar-refractivity contribution in [1.29, 1.82) is 0 Å². The third kappa shape index (κ3) is 2.87. The maximum absolute atomic E-state index is 5.37. The van der Waals surface area contributed by atoms with E-state index in [9.17, 15) is 0 Å². The van der Waals surface area contributed by atoms with Crippen LogP contribution in [0.5, 0.6) is 5.75 Å². The van der Waals surface area contributed by atoms with Crippen LogP contribution in [0.15, 0.2) is 24.3 Å². The van der Waals surface area contributed by atoms with Gasteiger partial charge >= 0.3 is 0 Å². The number of methoxy groups -OCH3 is 1. The van der Waals surface area contributed by atoms with Gasteiger partial charge in [-0.25, -0.2) is 4.98 Å². The molecule has 0 radical (unpaired) electrons. The Hall–Kier alpha value is -1.00. The molecule has 96 valence electrons. The number of nitrogens with zero attached hydrogens (tertiary/aromatic N) is 1. The number of benzene rings is 1. The molecule has 0 aliphatic heterocycles. The average molecular weight is 279 g/mol. The molecule has 0 saturated carbocycles. The lowest BCUT2D eigenvalue weighted by molar-refractivity contribution is 0.410. The monoisotopic (exact) mass is 279 g/mol. The van der Waals surface area contributed by atoms with Crippen LogP contribution < -0.4 is 4.74 Å². The first-order chi connectivity index (χ1) is 8.78. The number of aryl methyl sites for hydroxylation is 1. The Morgan fingerprint density at radius 2 is 2.11 bits per heavy atom. The van der Waals surface area contributed by atoms with E-state index >= 15 is 0 Å². The van der Waals surface area contributed by atoms with Crippen LogP contribution in [0.25, 0.3) is 0 Å². The molecule has 0 fully saturated rings. The quantitative estimate of drug-likeness (QED) is 0.842. The van der Waals surface area contributed by atoms with E-state index in [1.54, 1.807) is 18.4 Å². The maximum atomic E-state index is 5.37. The smallest absolute Gasteiger partial charge is 0.122 e. The van der Waals surface area contributed by atoms with Gasteiger partial charge in [-0.15, -0.1) is 11.3 Å². The predicted octanol–water partition coefficient (Wildman–Crippen LogP) is 3.73. The number of thiazole rings is 1. The zero-order valence-corrected chi connectivity index (χ0v) is 12.4. The molecule has 1 heterocycles. The third-order valence-electron chi connectivity index (χ3n) is 2.84. The molecule has 0 atom stereocenters. The molecule has 2 rings (SSSR count). The molecular formula is C14H17NOS2. The van der Waals surface area contributed by atoms with Crippen LogP contribution >= 0.6 is 24.0 Å². The molecule has 0 aliphatic rings. The van der Waals surface area contributed by atoms with Crippen molar-refractivity contribution in [3.05, 3.63) is 45.4 Å². The summed E-state index contributed by atoms with van der Waals surface area (Å²) in [5, 5.41) is 1.14. The minimum absolute atomic E-state index is 0.771. The van der Waals surface area contributed by atoms with Gasteiger partial charge in [0.15, 0.2) is 0 Å². The minimum atomic E-state index is 0.771. The molecule has 1 aromatic carbocycles. The summed E-state index contributed by atoms with van der Waals surface area (Å²) in [6, 6.07) is 8.10. The van der Waals surface area contributed by atoms with Crippen LogP contribution in [-0.2, 0) is 18.6 Å². The van der Waals surface area contributed by atoms with Crippen LogP contribution in [0.1, 0.15) is 28.1 Å². The number of thiol groups is 1. The highest BCUT2D eigenvalue weighted by atomic mass is 32.1. The molecule has 0 bridgehead atoms. The van der Waals surface area contributed by atoms with Gasteiger partial charge in [0.05, 0.1) is 17.8 Å². The zero-order valence-electron chi connectivity index (χ0n) is 10.6. The fourth-order valence-electron chi connectivity index (χ4n) is 1.92. The molecule has 18 heavy (non-hydrogen) atoms. The van der Waals surface area contributed by atoms with Gasteiger partial charge in [-0.05, 0) is 12.5 Å². The van der Waals surface area contributed by atoms with E-state index < -0.39 is 0 Å². The Balaban J connectivity index is 2.25. The Morgan fingerprint density at radius 3 is 2.72 bits per heavy atom. The van der Waals surface area contributed by atoms with Crippen molar-refractivity contribution in [2.75, 3.05) is 7.11 Å². The van der Waals surface area contributed by atoms with E-state index in [1.807, 2.05) is 18.2 Å². The van der Waals surface area contributed by atoms with Gasteiger partial charge in [0.2, 0.25) is 0 Å². The van der Waals surface area contributed by atoms with Crippen LogP contribution in [0.3, 0.4) is 0 Å².